The van der Waals surface area contributed by atoms with Crippen LogP contribution < -0.4 is 5.32 Å². The third kappa shape index (κ3) is 3.11. The summed E-state index contributed by atoms with van der Waals surface area (Å²) in [5.41, 5.74) is 4.06. The summed E-state index contributed by atoms with van der Waals surface area (Å²) in [4.78, 5) is 0. The Morgan fingerprint density at radius 3 is 2.32 bits per heavy atom. The molecule has 1 nitrogen and oxygen atoms in total. The smallest absolute Gasteiger partial charge is 0.159 e. The maximum Gasteiger partial charge on any atom is 0.159 e. The lowest BCUT2D eigenvalue weighted by Gasteiger charge is -2.18. The van der Waals surface area contributed by atoms with Gasteiger partial charge in [0, 0.05) is 11.7 Å². The highest BCUT2D eigenvalue weighted by Gasteiger charge is 2.10. The molecule has 0 aliphatic rings. The first-order valence-corrected chi connectivity index (χ1v) is 6.26. The zero-order chi connectivity index (χ0) is 14.0. The number of benzene rings is 2. The van der Waals surface area contributed by atoms with E-state index in [9.17, 15) is 8.78 Å². The van der Waals surface area contributed by atoms with Gasteiger partial charge in [-0.3, -0.25) is 0 Å². The van der Waals surface area contributed by atoms with Crippen molar-refractivity contribution in [3.63, 3.8) is 0 Å². The predicted octanol–water partition coefficient (Wildman–Crippen LogP) is 4.75. The number of hydrogen-bond donors (Lipinski definition) is 1. The minimum absolute atomic E-state index is 0.0866. The lowest BCUT2D eigenvalue weighted by Crippen LogP contribution is -2.08. The van der Waals surface area contributed by atoms with Crippen molar-refractivity contribution >= 4 is 5.69 Å². The Bertz CT molecular complexity index is 593. The summed E-state index contributed by atoms with van der Waals surface area (Å²) in [6, 6.07) is 10.0. The van der Waals surface area contributed by atoms with Gasteiger partial charge < -0.3 is 5.32 Å². The molecule has 0 bridgehead atoms. The highest BCUT2D eigenvalue weighted by molar-refractivity contribution is 5.53. The molecule has 1 atom stereocenters. The van der Waals surface area contributed by atoms with Crippen LogP contribution >= 0.6 is 0 Å². The van der Waals surface area contributed by atoms with E-state index in [1.54, 1.807) is 6.07 Å². The Kier molecular flexibility index (Phi) is 3.84. The summed E-state index contributed by atoms with van der Waals surface area (Å²) >= 11 is 0. The third-order valence-electron chi connectivity index (χ3n) is 3.20. The average Bonchev–Trinajstić information content (AvgIpc) is 2.36. The van der Waals surface area contributed by atoms with Crippen LogP contribution in [0.1, 0.15) is 29.7 Å². The fourth-order valence-electron chi connectivity index (χ4n) is 2.07. The molecular weight excluding hydrogens is 244 g/mol. The van der Waals surface area contributed by atoms with E-state index >= 15 is 0 Å². The number of anilines is 1. The van der Waals surface area contributed by atoms with Gasteiger partial charge >= 0.3 is 0 Å². The highest BCUT2D eigenvalue weighted by Crippen LogP contribution is 2.23. The van der Waals surface area contributed by atoms with Gasteiger partial charge in [-0.1, -0.05) is 23.8 Å². The molecular formula is C16H17F2N. The van der Waals surface area contributed by atoms with E-state index in [1.165, 1.54) is 11.6 Å². The first-order chi connectivity index (χ1) is 8.97. The van der Waals surface area contributed by atoms with Crippen LogP contribution in [-0.2, 0) is 0 Å². The SMILES string of the molecule is Cc1ccc(NC(C)c2ccc(F)c(F)c2)c(C)c1. The van der Waals surface area contributed by atoms with Crippen molar-refractivity contribution in [3.8, 4) is 0 Å². The number of nitrogens with one attached hydrogen (secondary N) is 1. The topological polar surface area (TPSA) is 12.0 Å². The number of aryl methyl sites for hydroxylation is 2. The first-order valence-electron chi connectivity index (χ1n) is 6.26. The van der Waals surface area contributed by atoms with Crippen molar-refractivity contribution in [1.82, 2.24) is 0 Å². The molecule has 19 heavy (non-hydrogen) atoms. The average molecular weight is 261 g/mol. The number of hydrogen-bond acceptors (Lipinski definition) is 1. The van der Waals surface area contributed by atoms with Crippen LogP contribution in [0.4, 0.5) is 14.5 Å². The summed E-state index contributed by atoms with van der Waals surface area (Å²) in [7, 11) is 0. The molecule has 1 unspecified atom stereocenters. The molecule has 2 aromatic carbocycles. The van der Waals surface area contributed by atoms with Gasteiger partial charge in [0.1, 0.15) is 0 Å². The zero-order valence-corrected chi connectivity index (χ0v) is 11.3. The van der Waals surface area contributed by atoms with Gasteiger partial charge in [0.05, 0.1) is 0 Å². The van der Waals surface area contributed by atoms with E-state index in [4.69, 9.17) is 0 Å². The lowest BCUT2D eigenvalue weighted by atomic mass is 10.1. The predicted molar refractivity (Wildman–Crippen MR) is 74.3 cm³/mol. The molecule has 0 aromatic heterocycles. The van der Waals surface area contributed by atoms with E-state index < -0.39 is 11.6 Å². The normalized spacial score (nSPS) is 12.3. The second-order valence-corrected chi connectivity index (χ2v) is 4.86. The van der Waals surface area contributed by atoms with Crippen LogP contribution in [-0.4, -0.2) is 0 Å². The van der Waals surface area contributed by atoms with Gasteiger partial charge in [-0.15, -0.1) is 0 Å². The molecule has 0 aliphatic carbocycles. The zero-order valence-electron chi connectivity index (χ0n) is 11.3. The van der Waals surface area contributed by atoms with Crippen LogP contribution in [0, 0.1) is 25.5 Å². The standard InChI is InChI=1S/C16H17F2N/c1-10-4-7-16(11(2)8-10)19-12(3)13-5-6-14(17)15(18)9-13/h4-9,12,19H,1-3H3. The second kappa shape index (κ2) is 5.39. The minimum Gasteiger partial charge on any atom is -0.378 e. The van der Waals surface area contributed by atoms with Crippen LogP contribution in [0.5, 0.6) is 0 Å². The minimum atomic E-state index is -0.817. The van der Waals surface area contributed by atoms with Gasteiger partial charge in [0.2, 0.25) is 0 Å². The maximum atomic E-state index is 13.2. The lowest BCUT2D eigenvalue weighted by molar-refractivity contribution is 0.506. The molecule has 2 aromatic rings. The number of rotatable bonds is 3. The van der Waals surface area contributed by atoms with E-state index in [0.717, 1.165) is 22.9 Å². The highest BCUT2D eigenvalue weighted by atomic mass is 19.2. The molecule has 100 valence electrons. The summed E-state index contributed by atoms with van der Waals surface area (Å²) in [5, 5.41) is 3.31. The Morgan fingerprint density at radius 1 is 0.947 bits per heavy atom. The summed E-state index contributed by atoms with van der Waals surface area (Å²) in [6.45, 7) is 5.98. The molecule has 0 spiro atoms. The molecule has 0 saturated carbocycles. The van der Waals surface area contributed by atoms with Crippen molar-refractivity contribution in [2.24, 2.45) is 0 Å². The molecule has 2 rings (SSSR count). The summed E-state index contributed by atoms with van der Waals surface area (Å²) in [5.74, 6) is -1.63. The Balaban J connectivity index is 2.20. The van der Waals surface area contributed by atoms with Crippen molar-refractivity contribution in [3.05, 3.63) is 64.7 Å². The maximum absolute atomic E-state index is 13.2. The van der Waals surface area contributed by atoms with E-state index in [-0.39, 0.29) is 6.04 Å². The largest absolute Gasteiger partial charge is 0.378 e. The van der Waals surface area contributed by atoms with Gasteiger partial charge in [0.15, 0.2) is 11.6 Å². The molecule has 1 N–H and O–H groups in total. The van der Waals surface area contributed by atoms with Crippen LogP contribution in [0.15, 0.2) is 36.4 Å². The van der Waals surface area contributed by atoms with Gasteiger partial charge in [-0.25, -0.2) is 8.78 Å². The van der Waals surface area contributed by atoms with Gasteiger partial charge in [-0.2, -0.15) is 0 Å². The Hall–Kier alpha value is -1.90. The number of halogens is 2. The summed E-state index contributed by atoms with van der Waals surface area (Å²) < 4.78 is 26.1. The van der Waals surface area contributed by atoms with E-state index in [1.807, 2.05) is 32.9 Å². The molecule has 0 fully saturated rings. The van der Waals surface area contributed by atoms with Crippen LogP contribution in [0.25, 0.3) is 0 Å². The quantitative estimate of drug-likeness (QED) is 0.840. The molecule has 3 heteroatoms. The fraction of sp³-hybridized carbons (Fsp3) is 0.250. The molecule has 0 saturated heterocycles. The van der Waals surface area contributed by atoms with E-state index in [0.29, 0.717) is 0 Å². The molecule has 0 heterocycles. The van der Waals surface area contributed by atoms with E-state index in [2.05, 4.69) is 11.4 Å². The molecule has 0 amide bonds. The van der Waals surface area contributed by atoms with Crippen LogP contribution in [0.2, 0.25) is 0 Å². The first kappa shape index (κ1) is 13.5. The van der Waals surface area contributed by atoms with Crippen molar-refractivity contribution in [2.75, 3.05) is 5.32 Å². The Morgan fingerprint density at radius 2 is 1.68 bits per heavy atom. The summed E-state index contributed by atoms with van der Waals surface area (Å²) in [6.07, 6.45) is 0. The van der Waals surface area contributed by atoms with Crippen molar-refractivity contribution in [2.45, 2.75) is 26.8 Å². The van der Waals surface area contributed by atoms with Crippen molar-refractivity contribution < 1.29 is 8.78 Å². The monoisotopic (exact) mass is 261 g/mol. The fourth-order valence-corrected chi connectivity index (χ4v) is 2.07. The Labute approximate surface area is 112 Å². The van der Waals surface area contributed by atoms with Gasteiger partial charge in [-0.05, 0) is 50.1 Å². The van der Waals surface area contributed by atoms with Crippen LogP contribution in [0.3, 0.4) is 0 Å². The second-order valence-electron chi connectivity index (χ2n) is 4.86. The van der Waals surface area contributed by atoms with Gasteiger partial charge in [0.25, 0.3) is 0 Å². The van der Waals surface area contributed by atoms with Crippen molar-refractivity contribution in [1.29, 1.82) is 0 Å². The molecule has 0 aliphatic heterocycles. The third-order valence-corrected chi connectivity index (χ3v) is 3.20. The molecule has 0 radical (unpaired) electrons.